The molecule has 0 N–H and O–H groups in total. The second-order valence-electron chi connectivity index (χ2n) is 9.03. The van der Waals surface area contributed by atoms with Crippen LogP contribution < -0.4 is 0 Å². The fourth-order valence-electron chi connectivity index (χ4n) is 2.88. The Morgan fingerprint density at radius 3 is 0.449 bits per heavy atom. The first kappa shape index (κ1) is 51.9. The zero-order valence-corrected chi connectivity index (χ0v) is 28.5. The molecule has 0 rings (SSSR count). The van der Waals surface area contributed by atoms with E-state index in [-0.39, 0.29) is 0 Å². The second-order valence-corrected chi connectivity index (χ2v) is 9.03. The Morgan fingerprint density at radius 1 is 0.204 bits per heavy atom. The van der Waals surface area contributed by atoms with Gasteiger partial charge in [0.15, 0.2) is 0 Å². The molecular formula is CH3B47O. The summed E-state index contributed by atoms with van der Waals surface area (Å²) in [6.45, 7) is 88.2. The van der Waals surface area contributed by atoms with E-state index in [1.165, 1.54) is 6.69 Å². The van der Waals surface area contributed by atoms with Crippen LogP contribution in [0.15, 0.2) is 0 Å². The Morgan fingerprint density at radius 2 is 0.327 bits per heavy atom. The number of hydrogen-bond acceptors (Lipinski definition) is 1. The van der Waals surface area contributed by atoms with E-state index in [4.69, 9.17) is 12.4 Å². The molecule has 49 heavy (non-hydrogen) atoms. The van der Waals surface area contributed by atoms with E-state index in [0.29, 0.717) is 0 Å². The van der Waals surface area contributed by atoms with Crippen molar-refractivity contribution in [2.75, 3.05) is 7.11 Å². The van der Waals surface area contributed by atoms with Crippen LogP contribution in [0.5, 0.6) is 0 Å². The Labute approximate surface area is 325 Å². The fraction of sp³-hybridized carbons (Fsp3) is 1.00. The molecule has 0 unspecified atom stereocenters. The van der Waals surface area contributed by atoms with Crippen LogP contribution in [0.1, 0.15) is 0 Å². The molecule has 0 fully saturated rings. The molecule has 48 heteroatoms. The molecule has 0 aromatic heterocycles. The summed E-state index contributed by atoms with van der Waals surface area (Å²) >= 11 is 0. The van der Waals surface area contributed by atoms with Crippen LogP contribution in [0.25, 0.3) is 0 Å². The molecule has 0 aromatic rings. The Bertz CT molecular complexity index is 1510. The van der Waals surface area contributed by atoms with Gasteiger partial charge in [0.25, 0.3) is 0 Å². The standard InChI is InChI=1S/CH3B47O/c1-49-48-47-46-45-44-43-42-41-40-39-38-37-36-35-34-33-32-31-30-29-28-27-26-25-24-23-22-21-20-19-18-17-16-15-14-13-12-11-10-9-8-7-6-5-4-3-2/h1H3. The monoisotopic (exact) mass is 548 g/mol. The van der Waals surface area contributed by atoms with Crippen molar-refractivity contribution in [3.63, 3.8) is 0 Å². The van der Waals surface area contributed by atoms with Gasteiger partial charge in [0, 0.05) is 0 Å². The molecular weight excluding hydrogens is 536 g/mol. The summed E-state index contributed by atoms with van der Waals surface area (Å²) in [4.78, 5) is 0. The van der Waals surface area contributed by atoms with E-state index in [9.17, 15) is 0 Å². The summed E-state index contributed by atoms with van der Waals surface area (Å²) in [5, 5.41) is 0. The average molecular weight is 539 g/mol. The maximum atomic E-state index is 5.25. The molecule has 0 saturated heterocycles. The van der Waals surface area contributed by atoms with E-state index in [2.05, 4.69) is 0 Å². The van der Waals surface area contributed by atoms with E-state index in [0.717, 1.165) is 0 Å². The van der Waals surface area contributed by atoms with Crippen molar-refractivity contribution in [2.24, 2.45) is 0 Å². The van der Waals surface area contributed by atoms with Crippen LogP contribution >= 0.6 is 0 Å². The third-order valence-electron chi connectivity index (χ3n) is 5.10. The van der Waals surface area contributed by atoms with Crippen molar-refractivity contribution in [1.29, 1.82) is 0 Å². The van der Waals surface area contributed by atoms with Gasteiger partial charge in [0.2, 0.25) is 0 Å². The molecule has 0 bridgehead atoms. The van der Waals surface area contributed by atoms with E-state index >= 15 is 0 Å². The van der Waals surface area contributed by atoms with Crippen molar-refractivity contribution in [3.05, 3.63) is 0 Å². The minimum absolute atomic E-state index is 1.50. The van der Waals surface area contributed by atoms with E-state index in [1.807, 2.05) is 288 Å². The molecule has 154 valence electrons. The molecule has 0 saturated carbocycles. The van der Waals surface area contributed by atoms with Gasteiger partial charge < -0.3 is 0 Å². The van der Waals surface area contributed by atoms with Crippen LogP contribution in [-0.4, -0.2) is 323 Å². The summed E-state index contributed by atoms with van der Waals surface area (Å²) < 4.78 is 4.81. The average Bonchev–Trinajstić information content (AvgIpc) is 3.11. The molecule has 0 spiro atoms. The molecule has 0 amide bonds. The van der Waals surface area contributed by atoms with Gasteiger partial charge >= 0.3 is 328 Å². The topological polar surface area (TPSA) is 9.23 Å². The molecule has 0 aliphatic carbocycles. The minimum atomic E-state index is 1.50. The van der Waals surface area contributed by atoms with Crippen molar-refractivity contribution >= 4 is 316 Å². The van der Waals surface area contributed by atoms with Crippen molar-refractivity contribution in [3.8, 4) is 0 Å². The third kappa shape index (κ3) is 50.9. The van der Waals surface area contributed by atoms with Crippen molar-refractivity contribution in [2.45, 2.75) is 0 Å². The SMILES string of the molecule is [B]B=BB=BB=BB=BB=BB=BB=BB=BB=BB=BB=BB=BB=BB=BB=BB=BB=BB=BB=BB=BB=BB=BB=BOC. The molecule has 0 atom stereocenters. The zero-order chi connectivity index (χ0) is 35.2. The van der Waals surface area contributed by atoms with E-state index in [1.54, 1.807) is 20.8 Å². The predicted octanol–water partition coefficient (Wildman–Crippen LogP) is -17.8. The van der Waals surface area contributed by atoms with Crippen LogP contribution in [0.2, 0.25) is 0 Å². The number of rotatable bonds is 23. The normalized spacial score (nSPS) is 7.78. The quantitative estimate of drug-likeness (QED) is 0.117. The summed E-state index contributed by atoms with van der Waals surface area (Å²) in [5.74, 6) is 0. The second kappa shape index (κ2) is 50.9. The molecule has 0 aliphatic rings. The Kier molecular flexibility index (Phi) is 53.8. The zero-order valence-electron chi connectivity index (χ0n) is 28.5. The molecule has 0 aliphatic heterocycles. The van der Waals surface area contributed by atoms with Crippen LogP contribution in [-0.2, 0) is 4.65 Å². The Balaban J connectivity index is 4.05. The van der Waals surface area contributed by atoms with Gasteiger partial charge in [-0.05, 0) is 0 Å². The maximum absolute atomic E-state index is 5.25. The summed E-state index contributed by atoms with van der Waals surface area (Å²) in [6.07, 6.45) is 0. The van der Waals surface area contributed by atoms with Gasteiger partial charge in [-0.3, -0.25) is 0 Å². The van der Waals surface area contributed by atoms with Crippen molar-refractivity contribution < 1.29 is 4.65 Å². The van der Waals surface area contributed by atoms with Gasteiger partial charge in [0.1, 0.15) is 0 Å². The summed E-state index contributed by atoms with van der Waals surface area (Å²) in [7, 11) is 8.50. The van der Waals surface area contributed by atoms with Gasteiger partial charge in [-0.1, -0.05) is 0 Å². The van der Waals surface area contributed by atoms with Gasteiger partial charge in [0.05, 0.1) is 0 Å². The third-order valence-corrected chi connectivity index (χ3v) is 5.10. The Hall–Kier alpha value is 2.85. The fourth-order valence-corrected chi connectivity index (χ4v) is 2.88. The predicted molar refractivity (Wildman–Crippen MR) is 277 cm³/mol. The first-order chi connectivity index (χ1) is 24.4. The molecule has 2 radical (unpaired) electrons. The molecule has 1 nitrogen and oxygen atoms in total. The van der Waals surface area contributed by atoms with Crippen LogP contribution in [0.4, 0.5) is 0 Å². The number of hydrogen-bond donors (Lipinski definition) is 0. The van der Waals surface area contributed by atoms with Gasteiger partial charge in [-0.15, -0.1) is 0 Å². The first-order valence-electron chi connectivity index (χ1n) is 16.0. The van der Waals surface area contributed by atoms with Crippen LogP contribution in [0.3, 0.4) is 0 Å². The van der Waals surface area contributed by atoms with E-state index < -0.39 is 0 Å². The van der Waals surface area contributed by atoms with Crippen molar-refractivity contribution in [1.82, 2.24) is 0 Å². The summed E-state index contributed by atoms with van der Waals surface area (Å²) in [6, 6.07) is 0. The first-order valence-corrected chi connectivity index (χ1v) is 16.0. The van der Waals surface area contributed by atoms with Gasteiger partial charge in [-0.25, -0.2) is 0 Å². The molecule has 0 heterocycles. The summed E-state index contributed by atoms with van der Waals surface area (Å²) in [5.41, 5.74) is 0. The van der Waals surface area contributed by atoms with Crippen LogP contribution in [0, 0.1) is 0 Å². The van der Waals surface area contributed by atoms with Gasteiger partial charge in [-0.2, -0.15) is 0 Å². The molecule has 0 aromatic carbocycles.